The number of aryl methyl sites for hydroxylation is 1. The van der Waals surface area contributed by atoms with Gasteiger partial charge in [0.05, 0.1) is 13.2 Å². The average Bonchev–Trinajstić information content (AvgIpc) is 2.45. The summed E-state index contributed by atoms with van der Waals surface area (Å²) in [5, 5.41) is 4.01. The molecule has 1 N–H and O–H groups in total. The minimum atomic E-state index is -0.0939. The van der Waals surface area contributed by atoms with Gasteiger partial charge in [-0.2, -0.15) is 0 Å². The molecule has 19 heavy (non-hydrogen) atoms. The fourth-order valence-electron chi connectivity index (χ4n) is 2.12. The highest BCUT2D eigenvalue weighted by Crippen LogP contribution is 2.33. The Hall–Kier alpha value is -1.58. The average molecular weight is 277 g/mol. The Kier molecular flexibility index (Phi) is 4.40. The van der Waals surface area contributed by atoms with E-state index in [0.717, 1.165) is 27.6 Å². The van der Waals surface area contributed by atoms with Gasteiger partial charge in [-0.1, -0.05) is 29.8 Å². The number of ether oxygens (including phenoxy) is 1. The first-order valence-corrected chi connectivity index (χ1v) is 6.48. The molecule has 1 heterocycles. The van der Waals surface area contributed by atoms with Gasteiger partial charge in [-0.3, -0.25) is 4.98 Å². The fraction of sp³-hybridized carbons (Fsp3) is 0.267. The molecular formula is C15H17ClN2O. The van der Waals surface area contributed by atoms with E-state index in [-0.39, 0.29) is 6.04 Å². The molecule has 0 saturated carbocycles. The van der Waals surface area contributed by atoms with Crippen LogP contribution in [0.2, 0.25) is 5.02 Å². The van der Waals surface area contributed by atoms with Crippen LogP contribution in [0.25, 0.3) is 0 Å². The van der Waals surface area contributed by atoms with Gasteiger partial charge in [-0.25, -0.2) is 0 Å². The lowest BCUT2D eigenvalue weighted by atomic mass is 10.0. The number of nitrogens with zero attached hydrogens (tertiary/aromatic N) is 1. The fourth-order valence-corrected chi connectivity index (χ4v) is 2.36. The topological polar surface area (TPSA) is 34.2 Å². The first-order chi connectivity index (χ1) is 9.19. The van der Waals surface area contributed by atoms with Crippen LogP contribution in [0.3, 0.4) is 0 Å². The summed E-state index contributed by atoms with van der Waals surface area (Å²) >= 11 is 6.40. The van der Waals surface area contributed by atoms with E-state index in [0.29, 0.717) is 0 Å². The van der Waals surface area contributed by atoms with Gasteiger partial charge in [0.25, 0.3) is 0 Å². The van der Waals surface area contributed by atoms with Crippen molar-refractivity contribution in [1.29, 1.82) is 0 Å². The highest BCUT2D eigenvalue weighted by atomic mass is 35.5. The van der Waals surface area contributed by atoms with E-state index in [9.17, 15) is 0 Å². The summed E-state index contributed by atoms with van der Waals surface area (Å²) in [4.78, 5) is 4.42. The van der Waals surface area contributed by atoms with E-state index >= 15 is 0 Å². The molecule has 0 amide bonds. The zero-order valence-electron chi connectivity index (χ0n) is 11.3. The zero-order valence-corrected chi connectivity index (χ0v) is 12.0. The summed E-state index contributed by atoms with van der Waals surface area (Å²) < 4.78 is 5.37. The third kappa shape index (κ3) is 2.72. The third-order valence-corrected chi connectivity index (χ3v) is 3.63. The quantitative estimate of drug-likeness (QED) is 0.930. The molecule has 0 spiro atoms. The first kappa shape index (κ1) is 13.8. The maximum atomic E-state index is 6.40. The molecular weight excluding hydrogens is 260 g/mol. The minimum Gasteiger partial charge on any atom is -0.495 e. The van der Waals surface area contributed by atoms with Gasteiger partial charge >= 0.3 is 0 Å². The largest absolute Gasteiger partial charge is 0.495 e. The molecule has 0 aliphatic heterocycles. The van der Waals surface area contributed by atoms with Crippen LogP contribution in [0.5, 0.6) is 5.75 Å². The number of hydrogen-bond donors (Lipinski definition) is 1. The van der Waals surface area contributed by atoms with Gasteiger partial charge in [-0.15, -0.1) is 0 Å². The summed E-state index contributed by atoms with van der Waals surface area (Å²) in [5.41, 5.74) is 2.88. The zero-order chi connectivity index (χ0) is 13.8. The number of rotatable bonds is 4. The summed E-state index contributed by atoms with van der Waals surface area (Å²) in [5.74, 6) is 0.749. The molecule has 3 nitrogen and oxygen atoms in total. The van der Waals surface area contributed by atoms with Crippen LogP contribution in [0, 0.1) is 6.92 Å². The van der Waals surface area contributed by atoms with Crippen molar-refractivity contribution >= 4 is 11.6 Å². The molecule has 1 atom stereocenters. The first-order valence-electron chi connectivity index (χ1n) is 6.10. The number of hydrogen-bond acceptors (Lipinski definition) is 3. The van der Waals surface area contributed by atoms with Crippen LogP contribution in [0.15, 0.2) is 36.5 Å². The minimum absolute atomic E-state index is 0.0939. The van der Waals surface area contributed by atoms with Crippen molar-refractivity contribution < 1.29 is 4.74 Å². The molecule has 4 heteroatoms. The van der Waals surface area contributed by atoms with Gasteiger partial charge in [0, 0.05) is 11.2 Å². The Bertz CT molecular complexity index is 572. The van der Waals surface area contributed by atoms with E-state index in [1.54, 1.807) is 13.3 Å². The summed E-state index contributed by atoms with van der Waals surface area (Å²) in [7, 11) is 3.53. The second-order valence-electron chi connectivity index (χ2n) is 4.29. The smallest absolute Gasteiger partial charge is 0.142 e. The number of aromatic nitrogens is 1. The number of pyridine rings is 1. The van der Waals surface area contributed by atoms with Crippen LogP contribution < -0.4 is 10.1 Å². The lowest BCUT2D eigenvalue weighted by molar-refractivity contribution is 0.401. The van der Waals surface area contributed by atoms with Gasteiger partial charge < -0.3 is 10.1 Å². The van der Waals surface area contributed by atoms with E-state index in [1.165, 1.54) is 0 Å². The predicted molar refractivity (Wildman–Crippen MR) is 77.9 cm³/mol. The second-order valence-corrected chi connectivity index (χ2v) is 4.67. The molecule has 100 valence electrons. The Balaban J connectivity index is 2.53. The van der Waals surface area contributed by atoms with E-state index in [1.807, 2.05) is 44.3 Å². The molecule has 1 aromatic heterocycles. The van der Waals surface area contributed by atoms with Crippen molar-refractivity contribution in [2.45, 2.75) is 13.0 Å². The van der Waals surface area contributed by atoms with Crippen molar-refractivity contribution in [3.63, 3.8) is 0 Å². The number of methoxy groups -OCH3 is 1. The molecule has 0 aliphatic carbocycles. The van der Waals surface area contributed by atoms with Crippen molar-refractivity contribution in [2.24, 2.45) is 0 Å². The third-order valence-electron chi connectivity index (χ3n) is 3.11. The molecule has 0 saturated heterocycles. The van der Waals surface area contributed by atoms with Gasteiger partial charge in [-0.05, 0) is 37.2 Å². The van der Waals surface area contributed by atoms with Gasteiger partial charge in [0.1, 0.15) is 11.4 Å². The Morgan fingerprint density at radius 1 is 1.26 bits per heavy atom. The maximum absolute atomic E-state index is 6.40. The number of halogens is 1. The van der Waals surface area contributed by atoms with E-state index < -0.39 is 0 Å². The Labute approximate surface area is 118 Å². The monoisotopic (exact) mass is 276 g/mol. The standard InChI is InChI=1S/C15H17ClN2O/c1-10-6-4-7-11(13(10)16)14(17-2)15-12(19-3)8-5-9-18-15/h4-9,14,17H,1-3H3. The normalized spacial score (nSPS) is 12.2. The van der Waals surface area contributed by atoms with Crippen LogP contribution in [0.1, 0.15) is 22.9 Å². The maximum Gasteiger partial charge on any atom is 0.142 e. The Morgan fingerprint density at radius 2 is 2.05 bits per heavy atom. The van der Waals surface area contributed by atoms with Gasteiger partial charge in [0.15, 0.2) is 0 Å². The van der Waals surface area contributed by atoms with Crippen LogP contribution in [0.4, 0.5) is 0 Å². The summed E-state index contributed by atoms with van der Waals surface area (Å²) in [6, 6.07) is 9.65. The molecule has 0 bridgehead atoms. The second kappa shape index (κ2) is 6.04. The van der Waals surface area contributed by atoms with Crippen molar-refractivity contribution in [3.8, 4) is 5.75 Å². The van der Waals surface area contributed by atoms with Crippen LogP contribution in [-0.4, -0.2) is 19.1 Å². The lowest BCUT2D eigenvalue weighted by Crippen LogP contribution is -2.20. The van der Waals surface area contributed by atoms with Crippen molar-refractivity contribution in [2.75, 3.05) is 14.2 Å². The Morgan fingerprint density at radius 3 is 2.74 bits per heavy atom. The van der Waals surface area contributed by atoms with Crippen LogP contribution >= 0.6 is 11.6 Å². The highest BCUT2D eigenvalue weighted by Gasteiger charge is 2.20. The van der Waals surface area contributed by atoms with Crippen LogP contribution in [-0.2, 0) is 0 Å². The van der Waals surface area contributed by atoms with Gasteiger partial charge in [0.2, 0.25) is 0 Å². The van der Waals surface area contributed by atoms with E-state index in [2.05, 4.69) is 10.3 Å². The molecule has 2 rings (SSSR count). The summed E-state index contributed by atoms with van der Waals surface area (Å²) in [6.45, 7) is 1.99. The number of nitrogens with one attached hydrogen (secondary N) is 1. The molecule has 1 unspecified atom stereocenters. The van der Waals surface area contributed by atoms with E-state index in [4.69, 9.17) is 16.3 Å². The number of benzene rings is 1. The molecule has 2 aromatic rings. The SMILES string of the molecule is CNC(c1cccc(C)c1Cl)c1ncccc1OC. The van der Waals surface area contributed by atoms with Crippen molar-refractivity contribution in [3.05, 3.63) is 58.4 Å². The molecule has 0 radical (unpaired) electrons. The summed E-state index contributed by atoms with van der Waals surface area (Å²) in [6.07, 6.45) is 1.76. The molecule has 0 fully saturated rings. The molecule has 0 aliphatic rings. The molecule has 1 aromatic carbocycles. The lowest BCUT2D eigenvalue weighted by Gasteiger charge is -2.20. The van der Waals surface area contributed by atoms with Crippen molar-refractivity contribution in [1.82, 2.24) is 10.3 Å². The predicted octanol–water partition coefficient (Wildman–Crippen LogP) is 3.36. The highest BCUT2D eigenvalue weighted by molar-refractivity contribution is 6.32.